The van der Waals surface area contributed by atoms with Crippen molar-refractivity contribution >= 4 is 26.6 Å². The summed E-state index contributed by atoms with van der Waals surface area (Å²) in [5.74, 6) is 0.0958. The van der Waals surface area contributed by atoms with Gasteiger partial charge >= 0.3 is 0 Å². The van der Waals surface area contributed by atoms with E-state index in [-0.39, 0.29) is 11.1 Å². The first kappa shape index (κ1) is 14.6. The fourth-order valence-corrected chi connectivity index (χ4v) is 4.15. The smallest absolute Gasteiger partial charge is 0.294 e. The van der Waals surface area contributed by atoms with Crippen LogP contribution < -0.4 is 4.90 Å². The molecule has 1 aromatic heterocycles. The Morgan fingerprint density at radius 2 is 2.09 bits per heavy atom. The maximum Gasteiger partial charge on any atom is 0.294 e. The average Bonchev–Trinajstić information content (AvgIpc) is 2.99. The van der Waals surface area contributed by atoms with Gasteiger partial charge in [-0.15, -0.1) is 0 Å². The number of carbonyl (C=O) groups excluding carboxylic acids is 2. The highest BCUT2D eigenvalue weighted by Crippen LogP contribution is 2.48. The molecule has 0 aliphatic carbocycles. The summed E-state index contributed by atoms with van der Waals surface area (Å²) in [4.78, 5) is 25.4. The van der Waals surface area contributed by atoms with E-state index < -0.39 is 10.5 Å². The quantitative estimate of drug-likeness (QED) is 0.864. The first-order valence-electron chi connectivity index (χ1n) is 6.79. The molecule has 1 unspecified atom stereocenters. The molecule has 0 saturated carbocycles. The van der Waals surface area contributed by atoms with Crippen molar-refractivity contribution in [1.29, 1.82) is 0 Å². The van der Waals surface area contributed by atoms with Gasteiger partial charge in [0, 0.05) is 29.0 Å². The maximum absolute atomic E-state index is 12.1. The Balaban J connectivity index is 2.25. The van der Waals surface area contributed by atoms with Crippen LogP contribution in [0.15, 0.2) is 23.2 Å². The molecule has 0 spiro atoms. The zero-order chi connectivity index (χ0) is 16.0. The van der Waals surface area contributed by atoms with Gasteiger partial charge in [0.25, 0.3) is 5.24 Å². The number of aryl methyl sites for hydroxylation is 1. The van der Waals surface area contributed by atoms with Gasteiger partial charge in [0.05, 0.1) is 17.4 Å². The van der Waals surface area contributed by atoms with E-state index in [1.165, 1.54) is 9.58 Å². The maximum atomic E-state index is 12.1. The second-order valence-corrected chi connectivity index (χ2v) is 6.57. The van der Waals surface area contributed by atoms with Gasteiger partial charge < -0.3 is 10.0 Å². The first-order valence-corrected chi connectivity index (χ1v) is 8.02. The van der Waals surface area contributed by atoms with Crippen LogP contribution in [0.1, 0.15) is 12.5 Å². The third-order valence-corrected chi connectivity index (χ3v) is 5.44. The number of fused-ring (bicyclic) bond motifs is 1. The molecular weight excluding hydrogens is 302 g/mol. The van der Waals surface area contributed by atoms with E-state index >= 15 is 0 Å². The van der Waals surface area contributed by atoms with Gasteiger partial charge in [0.1, 0.15) is 0 Å². The Morgan fingerprint density at radius 1 is 1.36 bits per heavy atom. The summed E-state index contributed by atoms with van der Waals surface area (Å²) in [5.41, 5.74) is 2.97. The van der Waals surface area contributed by atoms with Crippen molar-refractivity contribution in [1.82, 2.24) is 9.78 Å². The molecule has 1 N–H and O–H groups in total. The van der Waals surface area contributed by atoms with Crippen LogP contribution in [-0.2, 0) is 11.3 Å². The average molecular weight is 317 g/mol. The summed E-state index contributed by atoms with van der Waals surface area (Å²) in [6.45, 7) is 4.33. The molecule has 0 saturated heterocycles. The lowest BCUT2D eigenvalue weighted by Gasteiger charge is -2.15. The van der Waals surface area contributed by atoms with Crippen LogP contribution in [0, 0.1) is 6.92 Å². The Hall–Kier alpha value is -2.37. The van der Waals surface area contributed by atoms with Crippen LogP contribution >= 0.6 is 10.5 Å². The molecule has 1 aliphatic rings. The number of anilines is 1. The van der Waals surface area contributed by atoms with Gasteiger partial charge in [-0.05, 0) is 31.0 Å². The zero-order valence-corrected chi connectivity index (χ0v) is 13.3. The van der Waals surface area contributed by atoms with E-state index in [2.05, 4.69) is 5.10 Å². The van der Waals surface area contributed by atoms with Crippen LogP contribution in [0.4, 0.5) is 10.5 Å². The monoisotopic (exact) mass is 317 g/mol. The number of nitrogens with zero attached hydrogens (tertiary/aromatic N) is 3. The highest BCUT2D eigenvalue weighted by atomic mass is 32.2. The van der Waals surface area contributed by atoms with Crippen LogP contribution in [0.2, 0.25) is 0 Å². The molecule has 1 aliphatic heterocycles. The van der Waals surface area contributed by atoms with E-state index in [1.807, 2.05) is 25.1 Å². The van der Waals surface area contributed by atoms with Gasteiger partial charge in [0.2, 0.25) is 5.88 Å². The van der Waals surface area contributed by atoms with E-state index in [0.717, 1.165) is 16.8 Å². The van der Waals surface area contributed by atoms with Crippen molar-refractivity contribution in [3.05, 3.63) is 23.9 Å². The largest absolute Gasteiger partial charge is 0.493 e. The molecule has 22 heavy (non-hydrogen) atoms. The van der Waals surface area contributed by atoms with Crippen LogP contribution in [0.25, 0.3) is 11.1 Å². The molecule has 0 bridgehead atoms. The SMILES string of the molecule is CCn1ncc(-c2ccc3c(c2C)N(C)C(=O)S3=C=O)c1O. The third kappa shape index (κ3) is 1.83. The minimum atomic E-state index is -1.16. The predicted octanol–water partition coefficient (Wildman–Crippen LogP) is 2.85. The topological polar surface area (TPSA) is 75.4 Å². The zero-order valence-electron chi connectivity index (χ0n) is 12.5. The molecule has 1 aromatic carbocycles. The minimum absolute atomic E-state index is 0.0958. The lowest BCUT2D eigenvalue weighted by Crippen LogP contribution is -2.18. The van der Waals surface area contributed by atoms with E-state index in [9.17, 15) is 14.7 Å². The van der Waals surface area contributed by atoms with Crippen LogP contribution in [0.5, 0.6) is 5.88 Å². The summed E-state index contributed by atoms with van der Waals surface area (Å²) in [7, 11) is 0.488. The number of benzene rings is 1. The minimum Gasteiger partial charge on any atom is -0.493 e. The van der Waals surface area contributed by atoms with Gasteiger partial charge in [-0.2, -0.15) is 5.10 Å². The van der Waals surface area contributed by atoms with Gasteiger partial charge in [-0.3, -0.25) is 4.79 Å². The number of rotatable bonds is 2. The number of amides is 1. The number of hydrogen-bond donors (Lipinski definition) is 1. The molecule has 2 aromatic rings. The molecule has 1 amide bonds. The molecule has 2 heterocycles. The Bertz CT molecular complexity index is 850. The first-order chi connectivity index (χ1) is 10.5. The summed E-state index contributed by atoms with van der Waals surface area (Å²) in [6, 6.07) is 3.57. The lowest BCUT2D eigenvalue weighted by molar-refractivity contribution is 0.266. The van der Waals surface area contributed by atoms with Crippen molar-refractivity contribution in [2.75, 3.05) is 11.9 Å². The van der Waals surface area contributed by atoms with E-state index in [4.69, 9.17) is 0 Å². The summed E-state index contributed by atoms with van der Waals surface area (Å²) in [5, 5.41) is 15.9. The molecule has 6 nitrogen and oxygen atoms in total. The highest BCUT2D eigenvalue weighted by molar-refractivity contribution is 8.28. The molecule has 0 radical (unpaired) electrons. The molecule has 7 heteroatoms. The highest BCUT2D eigenvalue weighted by Gasteiger charge is 2.32. The van der Waals surface area contributed by atoms with Gasteiger partial charge in [-0.25, -0.2) is 9.48 Å². The Morgan fingerprint density at radius 3 is 2.68 bits per heavy atom. The predicted molar refractivity (Wildman–Crippen MR) is 85.1 cm³/mol. The second-order valence-electron chi connectivity index (χ2n) is 5.00. The number of carbonyl (C=O) groups is 1. The second kappa shape index (κ2) is 5.12. The standard InChI is InChI=1S/C15H15N3O3S/c1-4-18-14(20)11(7-16-18)10-5-6-12-13(9(10)2)17(3)15(21)22(12)8-19/h5-7,20H,4H2,1-3H3. The number of hydrogen-bond acceptors (Lipinski definition) is 4. The van der Waals surface area contributed by atoms with E-state index in [1.54, 1.807) is 19.3 Å². The summed E-state index contributed by atoms with van der Waals surface area (Å²) >= 11 is 0. The van der Waals surface area contributed by atoms with Crippen molar-refractivity contribution in [2.24, 2.45) is 0 Å². The van der Waals surface area contributed by atoms with Crippen molar-refractivity contribution in [2.45, 2.75) is 25.3 Å². The van der Waals surface area contributed by atoms with Gasteiger partial charge in [0.15, 0.2) is 5.23 Å². The molecule has 0 fully saturated rings. The number of aromatic hydroxyl groups is 1. The fourth-order valence-electron chi connectivity index (χ4n) is 2.75. The normalized spacial score (nSPS) is 16.8. The fraction of sp³-hybridized carbons (Fsp3) is 0.267. The molecular formula is C15H15N3O3S. The van der Waals surface area contributed by atoms with Crippen molar-refractivity contribution in [3.8, 4) is 17.0 Å². The Kier molecular flexibility index (Phi) is 3.39. The van der Waals surface area contributed by atoms with Crippen molar-refractivity contribution < 1.29 is 14.7 Å². The van der Waals surface area contributed by atoms with Gasteiger partial charge in [-0.1, -0.05) is 6.07 Å². The summed E-state index contributed by atoms with van der Waals surface area (Å²) < 4.78 is 1.50. The van der Waals surface area contributed by atoms with Crippen LogP contribution in [-0.4, -0.2) is 32.4 Å². The van der Waals surface area contributed by atoms with Crippen LogP contribution in [0.3, 0.4) is 0 Å². The molecule has 3 rings (SSSR count). The van der Waals surface area contributed by atoms with E-state index in [0.29, 0.717) is 17.0 Å². The van der Waals surface area contributed by atoms with Crippen molar-refractivity contribution in [3.63, 3.8) is 0 Å². The Labute approximate surface area is 129 Å². The molecule has 114 valence electrons. The summed E-state index contributed by atoms with van der Waals surface area (Å²) in [6.07, 6.45) is 1.61. The number of aromatic nitrogens is 2. The lowest BCUT2D eigenvalue weighted by atomic mass is 10.0. The third-order valence-electron chi connectivity index (χ3n) is 3.88. The molecule has 1 atom stereocenters.